The first-order chi connectivity index (χ1) is 11.1. The largest absolute Gasteiger partial charge is 0.489 e. The summed E-state index contributed by atoms with van der Waals surface area (Å²) in [6, 6.07) is 11.6. The molecule has 5 heteroatoms. The molecule has 1 aliphatic rings. The third-order valence-electron chi connectivity index (χ3n) is 3.64. The van der Waals surface area contributed by atoms with Crippen molar-refractivity contribution in [3.8, 4) is 11.5 Å². The fraction of sp³-hybridized carbons (Fsp3) is 0.333. The minimum absolute atomic E-state index is 0.202. The van der Waals surface area contributed by atoms with E-state index >= 15 is 0 Å². The van der Waals surface area contributed by atoms with Crippen LogP contribution in [0.15, 0.2) is 42.5 Å². The van der Waals surface area contributed by atoms with Gasteiger partial charge in [0, 0.05) is 18.1 Å². The van der Waals surface area contributed by atoms with Crippen molar-refractivity contribution < 1.29 is 18.6 Å². The molecule has 2 aromatic carbocycles. The molecule has 1 heterocycles. The molecular formula is C18H18ClFO3. The molecule has 0 N–H and O–H groups in total. The van der Waals surface area contributed by atoms with Crippen molar-refractivity contribution >= 4 is 11.6 Å². The van der Waals surface area contributed by atoms with Gasteiger partial charge in [-0.1, -0.05) is 30.7 Å². The number of halogens is 2. The Morgan fingerprint density at radius 3 is 2.78 bits per heavy atom. The number of benzene rings is 2. The Hall–Kier alpha value is -1.78. The standard InChI is InChI=1S/C18H18ClFO3/c1-12-7-18(22-10-12)23-16-4-2-3-15(9-16)21-11-13-5-6-14(20)8-17(13)19/h2-6,8-9,12,18H,7,10-11H2,1H3/t12-,18?/m1/s1. The Morgan fingerprint density at radius 1 is 1.22 bits per heavy atom. The number of rotatable bonds is 5. The summed E-state index contributed by atoms with van der Waals surface area (Å²) in [6.07, 6.45) is 0.683. The average Bonchev–Trinajstić information content (AvgIpc) is 2.92. The summed E-state index contributed by atoms with van der Waals surface area (Å²) in [6.45, 7) is 3.12. The maximum atomic E-state index is 13.0. The predicted octanol–water partition coefficient (Wildman–Crippen LogP) is 4.82. The lowest BCUT2D eigenvalue weighted by atomic mass is 10.1. The summed E-state index contributed by atoms with van der Waals surface area (Å²) < 4.78 is 30.1. The highest BCUT2D eigenvalue weighted by molar-refractivity contribution is 6.31. The smallest absolute Gasteiger partial charge is 0.200 e. The normalized spacial score (nSPS) is 20.5. The highest BCUT2D eigenvalue weighted by atomic mass is 35.5. The maximum Gasteiger partial charge on any atom is 0.200 e. The van der Waals surface area contributed by atoms with Gasteiger partial charge in [0.25, 0.3) is 0 Å². The number of hydrogen-bond acceptors (Lipinski definition) is 3. The van der Waals surface area contributed by atoms with Gasteiger partial charge in [0.1, 0.15) is 23.9 Å². The van der Waals surface area contributed by atoms with Gasteiger partial charge in [-0.15, -0.1) is 0 Å². The molecular weight excluding hydrogens is 319 g/mol. The van der Waals surface area contributed by atoms with Crippen LogP contribution in [-0.2, 0) is 11.3 Å². The third-order valence-corrected chi connectivity index (χ3v) is 4.00. The zero-order valence-corrected chi connectivity index (χ0v) is 13.6. The first-order valence-electron chi connectivity index (χ1n) is 7.55. The Morgan fingerprint density at radius 2 is 2.04 bits per heavy atom. The van der Waals surface area contributed by atoms with Crippen LogP contribution < -0.4 is 9.47 Å². The van der Waals surface area contributed by atoms with Crippen molar-refractivity contribution in [2.75, 3.05) is 6.61 Å². The fourth-order valence-electron chi connectivity index (χ4n) is 2.41. The Balaban J connectivity index is 1.61. The molecule has 0 amide bonds. The zero-order valence-electron chi connectivity index (χ0n) is 12.8. The lowest BCUT2D eigenvalue weighted by molar-refractivity contribution is -0.0394. The molecule has 3 rings (SSSR count). The van der Waals surface area contributed by atoms with E-state index in [9.17, 15) is 4.39 Å². The third kappa shape index (κ3) is 4.36. The predicted molar refractivity (Wildman–Crippen MR) is 86.3 cm³/mol. The van der Waals surface area contributed by atoms with E-state index in [2.05, 4.69) is 6.92 Å². The Kier molecular flexibility index (Phi) is 5.03. The molecule has 0 aromatic heterocycles. The first-order valence-corrected chi connectivity index (χ1v) is 7.93. The quantitative estimate of drug-likeness (QED) is 0.783. The van der Waals surface area contributed by atoms with E-state index < -0.39 is 0 Å². The molecule has 0 spiro atoms. The second-order valence-corrected chi connectivity index (χ2v) is 6.13. The number of hydrogen-bond donors (Lipinski definition) is 0. The van der Waals surface area contributed by atoms with Crippen LogP contribution in [0.1, 0.15) is 18.9 Å². The van der Waals surface area contributed by atoms with Crippen molar-refractivity contribution in [1.29, 1.82) is 0 Å². The van der Waals surface area contributed by atoms with Gasteiger partial charge in [0.05, 0.1) is 11.6 Å². The van der Waals surface area contributed by atoms with E-state index in [0.717, 1.165) is 18.6 Å². The Bertz CT molecular complexity index is 677. The van der Waals surface area contributed by atoms with Crippen LogP contribution in [0.3, 0.4) is 0 Å². The van der Waals surface area contributed by atoms with Gasteiger partial charge >= 0.3 is 0 Å². The van der Waals surface area contributed by atoms with E-state index in [1.54, 1.807) is 6.07 Å². The molecule has 1 aliphatic heterocycles. The van der Waals surface area contributed by atoms with E-state index in [0.29, 0.717) is 22.4 Å². The van der Waals surface area contributed by atoms with Crippen molar-refractivity contribution in [2.45, 2.75) is 26.2 Å². The lowest BCUT2D eigenvalue weighted by Gasteiger charge is -2.14. The summed E-state index contributed by atoms with van der Waals surface area (Å²) in [7, 11) is 0. The van der Waals surface area contributed by atoms with Gasteiger partial charge in [0.2, 0.25) is 0 Å². The molecule has 122 valence electrons. The van der Waals surface area contributed by atoms with Gasteiger partial charge in [0.15, 0.2) is 6.29 Å². The van der Waals surface area contributed by atoms with Crippen LogP contribution in [0.5, 0.6) is 11.5 Å². The van der Waals surface area contributed by atoms with Gasteiger partial charge < -0.3 is 14.2 Å². The molecule has 1 unspecified atom stereocenters. The van der Waals surface area contributed by atoms with Crippen LogP contribution in [0, 0.1) is 11.7 Å². The highest BCUT2D eigenvalue weighted by Crippen LogP contribution is 2.26. The van der Waals surface area contributed by atoms with Gasteiger partial charge in [-0.2, -0.15) is 0 Å². The van der Waals surface area contributed by atoms with Crippen molar-refractivity contribution in [3.05, 3.63) is 58.9 Å². The van der Waals surface area contributed by atoms with E-state index in [-0.39, 0.29) is 18.7 Å². The summed E-state index contributed by atoms with van der Waals surface area (Å²) in [5, 5.41) is 0.353. The molecule has 0 aliphatic carbocycles. The molecule has 0 saturated carbocycles. The topological polar surface area (TPSA) is 27.7 Å². The van der Waals surface area contributed by atoms with Crippen LogP contribution in [0.25, 0.3) is 0 Å². The molecule has 2 aromatic rings. The molecule has 0 bridgehead atoms. The van der Waals surface area contributed by atoms with Gasteiger partial charge in [-0.05, 0) is 30.2 Å². The van der Waals surface area contributed by atoms with Crippen molar-refractivity contribution in [3.63, 3.8) is 0 Å². The second kappa shape index (κ2) is 7.20. The number of ether oxygens (including phenoxy) is 3. The molecule has 23 heavy (non-hydrogen) atoms. The summed E-state index contributed by atoms with van der Waals surface area (Å²) in [5.74, 6) is 1.51. The van der Waals surface area contributed by atoms with E-state index in [4.69, 9.17) is 25.8 Å². The van der Waals surface area contributed by atoms with Crippen LogP contribution >= 0.6 is 11.6 Å². The Labute approximate surface area is 139 Å². The molecule has 1 fully saturated rings. The lowest BCUT2D eigenvalue weighted by Crippen LogP contribution is -2.14. The highest BCUT2D eigenvalue weighted by Gasteiger charge is 2.23. The minimum Gasteiger partial charge on any atom is -0.489 e. The zero-order chi connectivity index (χ0) is 16.2. The van der Waals surface area contributed by atoms with Crippen LogP contribution in [0.2, 0.25) is 5.02 Å². The molecule has 0 radical (unpaired) electrons. The molecule has 3 nitrogen and oxygen atoms in total. The fourth-order valence-corrected chi connectivity index (χ4v) is 2.63. The maximum absolute atomic E-state index is 13.0. The molecule has 1 saturated heterocycles. The minimum atomic E-state index is -0.361. The first kappa shape index (κ1) is 16.1. The average molecular weight is 337 g/mol. The van der Waals surface area contributed by atoms with Crippen molar-refractivity contribution in [2.24, 2.45) is 5.92 Å². The van der Waals surface area contributed by atoms with Crippen LogP contribution in [0.4, 0.5) is 4.39 Å². The van der Waals surface area contributed by atoms with Gasteiger partial charge in [-0.3, -0.25) is 0 Å². The summed E-state index contributed by atoms with van der Waals surface area (Å²) >= 11 is 5.99. The molecule has 2 atom stereocenters. The summed E-state index contributed by atoms with van der Waals surface area (Å²) in [5.41, 5.74) is 0.729. The van der Waals surface area contributed by atoms with E-state index in [1.165, 1.54) is 12.1 Å². The van der Waals surface area contributed by atoms with Crippen molar-refractivity contribution in [1.82, 2.24) is 0 Å². The van der Waals surface area contributed by atoms with Gasteiger partial charge in [-0.25, -0.2) is 4.39 Å². The van der Waals surface area contributed by atoms with Crippen LogP contribution in [-0.4, -0.2) is 12.9 Å². The second-order valence-electron chi connectivity index (χ2n) is 5.72. The van der Waals surface area contributed by atoms with E-state index in [1.807, 2.05) is 24.3 Å². The monoisotopic (exact) mass is 336 g/mol. The SMILES string of the molecule is C[C@H]1COC(Oc2cccc(OCc3ccc(F)cc3Cl)c2)C1. The summed E-state index contributed by atoms with van der Waals surface area (Å²) in [4.78, 5) is 0.